The summed E-state index contributed by atoms with van der Waals surface area (Å²) in [5.74, 6) is -0.524. The second-order valence-electron chi connectivity index (χ2n) is 5.66. The third-order valence-electron chi connectivity index (χ3n) is 4.11. The van der Waals surface area contributed by atoms with Crippen LogP contribution in [0.15, 0.2) is 23.1 Å². The molecule has 1 saturated heterocycles. The van der Waals surface area contributed by atoms with Crippen molar-refractivity contribution in [2.75, 3.05) is 26.2 Å². The Morgan fingerprint density at radius 3 is 2.28 bits per heavy atom. The standard InChI is InChI=1S/C14H17ClF3N3O3S/c1-9(13(19)22)20-4-6-21(7-5-20)25(23,24)10-2-3-12(15)11(8-10)14(16,17)18/h2-3,8-9H,4-7H2,1H3,(H2,19,22)/t9-/m1/s1. The Labute approximate surface area is 148 Å². The number of nitrogens with zero attached hydrogens (tertiary/aromatic N) is 2. The molecule has 1 fully saturated rings. The first-order chi connectivity index (χ1) is 11.4. The van der Waals surface area contributed by atoms with Crippen LogP contribution in [0.3, 0.4) is 0 Å². The Morgan fingerprint density at radius 1 is 1.24 bits per heavy atom. The fourth-order valence-corrected chi connectivity index (χ4v) is 4.22. The second-order valence-corrected chi connectivity index (χ2v) is 8.00. The molecule has 1 atom stereocenters. The fourth-order valence-electron chi connectivity index (χ4n) is 2.54. The number of rotatable bonds is 4. The van der Waals surface area contributed by atoms with Crippen molar-refractivity contribution < 1.29 is 26.4 Å². The molecule has 11 heteroatoms. The van der Waals surface area contributed by atoms with E-state index >= 15 is 0 Å². The fraction of sp³-hybridized carbons (Fsp3) is 0.500. The van der Waals surface area contributed by atoms with Gasteiger partial charge in [-0.15, -0.1) is 0 Å². The molecule has 1 amide bonds. The molecule has 1 aromatic carbocycles. The quantitative estimate of drug-likeness (QED) is 0.832. The van der Waals surface area contributed by atoms with Crippen molar-refractivity contribution in [2.45, 2.75) is 24.0 Å². The van der Waals surface area contributed by atoms with Crippen molar-refractivity contribution >= 4 is 27.5 Å². The van der Waals surface area contributed by atoms with E-state index in [1.807, 2.05) is 0 Å². The molecule has 140 valence electrons. The van der Waals surface area contributed by atoms with Gasteiger partial charge in [-0.05, 0) is 25.1 Å². The highest BCUT2D eigenvalue weighted by Gasteiger charge is 2.36. The molecule has 25 heavy (non-hydrogen) atoms. The lowest BCUT2D eigenvalue weighted by atomic mass is 10.2. The molecule has 0 unspecified atom stereocenters. The number of benzene rings is 1. The zero-order valence-electron chi connectivity index (χ0n) is 13.3. The average Bonchev–Trinajstić information content (AvgIpc) is 2.53. The maximum atomic E-state index is 12.9. The highest BCUT2D eigenvalue weighted by atomic mass is 35.5. The topological polar surface area (TPSA) is 83.7 Å². The smallest absolute Gasteiger partial charge is 0.368 e. The van der Waals surface area contributed by atoms with Gasteiger partial charge in [-0.2, -0.15) is 17.5 Å². The molecule has 0 aliphatic carbocycles. The lowest BCUT2D eigenvalue weighted by Gasteiger charge is -2.36. The highest BCUT2D eigenvalue weighted by molar-refractivity contribution is 7.89. The predicted molar refractivity (Wildman–Crippen MR) is 85.4 cm³/mol. The number of sulfonamides is 1. The minimum absolute atomic E-state index is 0.0456. The van der Waals surface area contributed by atoms with E-state index in [1.165, 1.54) is 0 Å². The molecule has 0 aromatic heterocycles. The molecule has 1 heterocycles. The number of hydrogen-bond acceptors (Lipinski definition) is 4. The predicted octanol–water partition coefficient (Wildman–Crippen LogP) is 1.54. The third-order valence-corrected chi connectivity index (χ3v) is 6.34. The highest BCUT2D eigenvalue weighted by Crippen LogP contribution is 2.36. The summed E-state index contributed by atoms with van der Waals surface area (Å²) in [6.45, 7) is 2.21. The van der Waals surface area contributed by atoms with E-state index in [-0.39, 0.29) is 26.2 Å². The summed E-state index contributed by atoms with van der Waals surface area (Å²) in [4.78, 5) is 12.4. The van der Waals surface area contributed by atoms with Gasteiger partial charge in [0.25, 0.3) is 0 Å². The summed E-state index contributed by atoms with van der Waals surface area (Å²) < 4.78 is 65.1. The maximum Gasteiger partial charge on any atom is 0.417 e. The molecule has 1 aliphatic heterocycles. The molecule has 0 bridgehead atoms. The van der Waals surface area contributed by atoms with Crippen LogP contribution in [0.2, 0.25) is 5.02 Å². The summed E-state index contributed by atoms with van der Waals surface area (Å²) in [6, 6.07) is 1.96. The van der Waals surface area contributed by atoms with Crippen molar-refractivity contribution in [2.24, 2.45) is 5.73 Å². The van der Waals surface area contributed by atoms with E-state index < -0.39 is 43.6 Å². The number of nitrogens with two attached hydrogens (primary N) is 1. The van der Waals surface area contributed by atoms with Crippen molar-refractivity contribution in [1.29, 1.82) is 0 Å². The van der Waals surface area contributed by atoms with Crippen LogP contribution in [-0.4, -0.2) is 55.8 Å². The minimum atomic E-state index is -4.75. The second kappa shape index (κ2) is 7.10. The zero-order chi connectivity index (χ0) is 19.0. The molecule has 6 nitrogen and oxygen atoms in total. The van der Waals surface area contributed by atoms with Crippen LogP contribution >= 0.6 is 11.6 Å². The van der Waals surface area contributed by atoms with Gasteiger partial charge in [0.2, 0.25) is 15.9 Å². The first-order valence-electron chi connectivity index (χ1n) is 7.35. The van der Waals surface area contributed by atoms with Gasteiger partial charge in [-0.25, -0.2) is 8.42 Å². The summed E-state index contributed by atoms with van der Waals surface area (Å²) in [5, 5.41) is -0.563. The molecule has 2 rings (SSSR count). The lowest BCUT2D eigenvalue weighted by molar-refractivity contribution is -0.137. The minimum Gasteiger partial charge on any atom is -0.368 e. The number of amides is 1. The Hall–Kier alpha value is -1.36. The van der Waals surface area contributed by atoms with Crippen LogP contribution in [0, 0.1) is 0 Å². The van der Waals surface area contributed by atoms with Crippen LogP contribution in [0.25, 0.3) is 0 Å². The molecule has 0 spiro atoms. The molecule has 1 aliphatic rings. The number of carbonyl (C=O) groups excluding carboxylic acids is 1. The van der Waals surface area contributed by atoms with Gasteiger partial charge < -0.3 is 5.73 Å². The van der Waals surface area contributed by atoms with Gasteiger partial charge in [-0.1, -0.05) is 11.6 Å². The van der Waals surface area contributed by atoms with Gasteiger partial charge in [0.15, 0.2) is 0 Å². The maximum absolute atomic E-state index is 12.9. The summed E-state index contributed by atoms with van der Waals surface area (Å²) in [7, 11) is -4.10. The first kappa shape index (κ1) is 20.0. The van der Waals surface area contributed by atoms with Crippen molar-refractivity contribution in [3.8, 4) is 0 Å². The van der Waals surface area contributed by atoms with Gasteiger partial charge >= 0.3 is 6.18 Å². The first-order valence-corrected chi connectivity index (χ1v) is 9.16. The van der Waals surface area contributed by atoms with E-state index in [1.54, 1.807) is 11.8 Å². The van der Waals surface area contributed by atoms with E-state index in [0.717, 1.165) is 16.4 Å². The SMILES string of the molecule is C[C@H](C(N)=O)N1CCN(S(=O)(=O)c2ccc(Cl)c(C(F)(F)F)c2)CC1. The van der Waals surface area contributed by atoms with Crippen LogP contribution in [-0.2, 0) is 21.0 Å². The molecule has 2 N–H and O–H groups in total. The van der Waals surface area contributed by atoms with Gasteiger partial charge in [0.1, 0.15) is 0 Å². The van der Waals surface area contributed by atoms with E-state index in [9.17, 15) is 26.4 Å². The normalized spacial score (nSPS) is 18.9. The van der Waals surface area contributed by atoms with Crippen LogP contribution in [0.4, 0.5) is 13.2 Å². The molecule has 1 aromatic rings. The number of alkyl halides is 3. The van der Waals surface area contributed by atoms with E-state index in [2.05, 4.69) is 0 Å². The van der Waals surface area contributed by atoms with Crippen LogP contribution in [0.1, 0.15) is 12.5 Å². The average molecular weight is 400 g/mol. The number of hydrogen-bond donors (Lipinski definition) is 1. The summed E-state index contributed by atoms with van der Waals surface area (Å²) >= 11 is 5.52. The molecular weight excluding hydrogens is 383 g/mol. The Kier molecular flexibility index (Phi) is 5.67. The lowest BCUT2D eigenvalue weighted by Crippen LogP contribution is -2.54. The molecular formula is C14H17ClF3N3O3S. The van der Waals surface area contributed by atoms with Crippen molar-refractivity contribution in [1.82, 2.24) is 9.21 Å². The van der Waals surface area contributed by atoms with Crippen molar-refractivity contribution in [3.05, 3.63) is 28.8 Å². The number of piperazine rings is 1. The zero-order valence-corrected chi connectivity index (χ0v) is 14.8. The van der Waals surface area contributed by atoms with E-state index in [0.29, 0.717) is 6.07 Å². The van der Waals surface area contributed by atoms with Crippen LogP contribution < -0.4 is 5.73 Å². The summed E-state index contributed by atoms with van der Waals surface area (Å²) in [5.41, 5.74) is 4.02. The van der Waals surface area contributed by atoms with Gasteiger partial charge in [0.05, 0.1) is 21.5 Å². The van der Waals surface area contributed by atoms with Crippen LogP contribution in [0.5, 0.6) is 0 Å². The Bertz CT molecular complexity index is 762. The number of halogens is 4. The van der Waals surface area contributed by atoms with E-state index in [4.69, 9.17) is 17.3 Å². The summed E-state index contributed by atoms with van der Waals surface area (Å²) in [6.07, 6.45) is -4.75. The number of carbonyl (C=O) groups is 1. The Morgan fingerprint density at radius 2 is 1.80 bits per heavy atom. The van der Waals surface area contributed by atoms with Gasteiger partial charge in [0, 0.05) is 26.2 Å². The monoisotopic (exact) mass is 399 g/mol. The van der Waals surface area contributed by atoms with Gasteiger partial charge in [-0.3, -0.25) is 9.69 Å². The van der Waals surface area contributed by atoms with Crippen molar-refractivity contribution in [3.63, 3.8) is 0 Å². The largest absolute Gasteiger partial charge is 0.417 e. The molecule has 0 saturated carbocycles. The third kappa shape index (κ3) is 4.25. The number of primary amides is 1. The molecule has 0 radical (unpaired) electrons. The Balaban J connectivity index is 2.22.